The Kier molecular flexibility index (Phi) is 4.69. The van der Waals surface area contributed by atoms with E-state index < -0.39 is 44.4 Å². The van der Waals surface area contributed by atoms with Gasteiger partial charge in [-0.15, -0.1) is 0 Å². The van der Waals surface area contributed by atoms with Crippen molar-refractivity contribution in [2.45, 2.75) is 24.7 Å². The normalized spacial score (nSPS) is 26.4. The number of anilines is 1. The van der Waals surface area contributed by atoms with E-state index in [4.69, 9.17) is 29.7 Å². The van der Waals surface area contributed by atoms with Crippen molar-refractivity contribution in [3.8, 4) is 0 Å². The van der Waals surface area contributed by atoms with E-state index in [1.54, 1.807) is 0 Å². The third-order valence-corrected chi connectivity index (χ3v) is 3.98. The van der Waals surface area contributed by atoms with Gasteiger partial charge < -0.3 is 34.8 Å². The number of methoxy groups -OCH3 is 1. The second kappa shape index (κ2) is 6.63. The van der Waals surface area contributed by atoms with Crippen LogP contribution < -0.4 is 11.3 Å². The molecule has 0 saturated carbocycles. The smallest absolute Gasteiger partial charge is 0.386 e. The number of aliphatic hydroxyl groups excluding tert-OH is 1. The molecule has 0 bridgehead atoms. The van der Waals surface area contributed by atoms with Gasteiger partial charge in [0, 0.05) is 7.11 Å². The molecule has 136 valence electrons. The first-order chi connectivity index (χ1) is 11.8. The molecule has 6 N–H and O–H groups in total. The maximum Gasteiger partial charge on any atom is 0.386 e. The molecule has 1 unspecified atom stereocenters. The summed E-state index contributed by atoms with van der Waals surface area (Å²) in [6.45, 7) is 0. The van der Waals surface area contributed by atoms with Crippen LogP contribution in [0.1, 0.15) is 6.23 Å². The van der Waals surface area contributed by atoms with Crippen LogP contribution in [0.3, 0.4) is 0 Å². The Morgan fingerprint density at radius 1 is 1.52 bits per heavy atom. The molecule has 25 heavy (non-hydrogen) atoms. The zero-order valence-corrected chi connectivity index (χ0v) is 13.5. The third-order valence-electron chi connectivity index (χ3n) is 3.55. The van der Waals surface area contributed by atoms with Crippen LogP contribution in [0.15, 0.2) is 11.1 Å². The molecule has 4 atom stereocenters. The summed E-state index contributed by atoms with van der Waals surface area (Å²) in [5.74, 6) is -0.152. The highest BCUT2D eigenvalue weighted by molar-refractivity contribution is 7.63. The largest absolute Gasteiger partial charge is 0.426 e. The highest BCUT2D eigenvalue weighted by Gasteiger charge is 2.48. The van der Waals surface area contributed by atoms with Crippen LogP contribution in [0.5, 0.6) is 0 Å². The number of hydrogen-bond acceptors (Lipinski definition) is 11. The van der Waals surface area contributed by atoms with E-state index in [0.717, 1.165) is 0 Å². The molecule has 1 aliphatic rings. The quantitative estimate of drug-likeness (QED) is 0.385. The summed E-state index contributed by atoms with van der Waals surface area (Å²) < 4.78 is 16.6. The van der Waals surface area contributed by atoms with Gasteiger partial charge in [0.1, 0.15) is 12.2 Å². The predicted octanol–water partition coefficient (Wildman–Crippen LogP) is -1.63. The lowest BCUT2D eigenvalue weighted by Crippen LogP contribution is -2.35. The molecule has 0 spiro atoms. The van der Waals surface area contributed by atoms with E-state index >= 15 is 0 Å². The Balaban J connectivity index is 1.96. The van der Waals surface area contributed by atoms with Gasteiger partial charge in [-0.05, 0) is 0 Å². The number of imidazole rings is 1. The number of aromatic amines is 1. The van der Waals surface area contributed by atoms with Crippen molar-refractivity contribution in [3.05, 3.63) is 16.7 Å². The number of nitrogens with one attached hydrogen (secondary N) is 1. The number of nitrogens with zero attached hydrogens (tertiary/aromatic N) is 3. The molecule has 1 aliphatic heterocycles. The van der Waals surface area contributed by atoms with Gasteiger partial charge in [0.05, 0.1) is 6.33 Å². The molecule has 14 heteroatoms. The van der Waals surface area contributed by atoms with Gasteiger partial charge in [0.25, 0.3) is 13.9 Å². The lowest BCUT2D eigenvalue weighted by Gasteiger charge is -2.19. The minimum Gasteiger partial charge on any atom is -0.426 e. The van der Waals surface area contributed by atoms with Gasteiger partial charge in [-0.25, -0.2) is 9.78 Å². The van der Waals surface area contributed by atoms with Crippen molar-refractivity contribution in [2.24, 2.45) is 0 Å². The van der Waals surface area contributed by atoms with E-state index in [0.29, 0.717) is 0 Å². The molecule has 3 rings (SSSR count). The summed E-state index contributed by atoms with van der Waals surface area (Å²) in [6.07, 6.45) is -3.83. The summed E-state index contributed by atoms with van der Waals surface area (Å²) in [6, 6.07) is 0. The minimum absolute atomic E-state index is 0.0168. The number of H-pyrrole nitrogens is 1. The fraction of sp³-hybridized carbons (Fsp3) is 0.455. The third kappa shape index (κ3) is 3.08. The molecule has 13 nitrogen and oxygen atoms in total. The predicted molar refractivity (Wildman–Crippen MR) is 81.1 cm³/mol. The Morgan fingerprint density at radius 3 is 2.88 bits per heavy atom. The second-order valence-electron chi connectivity index (χ2n) is 5.03. The zero-order valence-electron chi connectivity index (χ0n) is 12.6. The molecular weight excluding hydrogens is 361 g/mol. The number of carbonyl (C=O) groups is 1. The summed E-state index contributed by atoms with van der Waals surface area (Å²) >= 11 is 0. The van der Waals surface area contributed by atoms with Crippen LogP contribution in [-0.4, -0.2) is 65.7 Å². The monoisotopic (exact) mass is 375 g/mol. The van der Waals surface area contributed by atoms with Crippen molar-refractivity contribution < 1.29 is 33.9 Å². The molecule has 3 heterocycles. The summed E-state index contributed by atoms with van der Waals surface area (Å²) in [5, 5.41) is 10.2. The maximum atomic E-state index is 11.8. The van der Waals surface area contributed by atoms with Crippen molar-refractivity contribution in [3.63, 3.8) is 0 Å². The highest BCUT2D eigenvalue weighted by atomic mass is 31.2. The van der Waals surface area contributed by atoms with E-state index in [2.05, 4.69) is 15.0 Å². The minimum atomic E-state index is -3.00. The Labute approximate surface area is 139 Å². The number of ether oxygens (including phenoxy) is 3. The van der Waals surface area contributed by atoms with Crippen LogP contribution in [0.4, 0.5) is 10.7 Å². The van der Waals surface area contributed by atoms with Gasteiger partial charge in [-0.3, -0.25) is 14.3 Å². The van der Waals surface area contributed by atoms with Crippen LogP contribution in [0.25, 0.3) is 11.2 Å². The van der Waals surface area contributed by atoms with Crippen molar-refractivity contribution in [1.82, 2.24) is 19.5 Å². The molecule has 2 aromatic heterocycles. The number of aliphatic hydroxyl groups is 1. The number of carbonyl (C=O) groups excluding carboxylic acids is 1. The highest BCUT2D eigenvalue weighted by Crippen LogP contribution is 2.36. The molecule has 0 aromatic carbocycles. The number of hydrogen-bond donors (Lipinski definition) is 5. The summed E-state index contributed by atoms with van der Waals surface area (Å²) in [5.41, 5.74) is 3.66. The summed E-state index contributed by atoms with van der Waals surface area (Å²) in [4.78, 5) is 51.0. The van der Waals surface area contributed by atoms with Crippen molar-refractivity contribution in [1.29, 1.82) is 0 Å². The second-order valence-corrected chi connectivity index (χ2v) is 5.98. The lowest BCUT2D eigenvalue weighted by atomic mass is 10.2. The molecular formula is C11H14N5O8P. The standard InChI is InChI=1S/C11H14N5O8P/c1-22-5-4(17)9(24-11(19)25(20)21)23-8(5)16-2-13-3-6(16)14-10(12)15-7(3)18/h2,4-5,8-9,17,20-21H,1H3,(H3,12,14,15,18)/t4?,5-,8+,9+/m0/s1. The number of rotatable bonds is 4. The van der Waals surface area contributed by atoms with Gasteiger partial charge in [0.15, 0.2) is 17.4 Å². The first kappa shape index (κ1) is 17.7. The van der Waals surface area contributed by atoms with Gasteiger partial charge in [0.2, 0.25) is 12.2 Å². The average molecular weight is 375 g/mol. The van der Waals surface area contributed by atoms with E-state index in [-0.39, 0.29) is 17.1 Å². The molecule has 1 saturated heterocycles. The number of nitrogens with two attached hydrogens (primary N) is 1. The molecule has 0 amide bonds. The van der Waals surface area contributed by atoms with E-state index in [1.165, 1.54) is 18.0 Å². The Morgan fingerprint density at radius 2 is 2.24 bits per heavy atom. The molecule has 0 radical (unpaired) electrons. The molecule has 0 aliphatic carbocycles. The van der Waals surface area contributed by atoms with E-state index in [1.807, 2.05) is 0 Å². The fourth-order valence-electron chi connectivity index (χ4n) is 2.47. The summed E-state index contributed by atoms with van der Waals surface area (Å²) in [7, 11) is -1.71. The zero-order chi connectivity index (χ0) is 18.3. The van der Waals surface area contributed by atoms with Crippen LogP contribution in [-0.2, 0) is 14.2 Å². The van der Waals surface area contributed by atoms with E-state index in [9.17, 15) is 14.7 Å². The van der Waals surface area contributed by atoms with Crippen LogP contribution in [0.2, 0.25) is 0 Å². The first-order valence-corrected chi connectivity index (χ1v) is 8.05. The van der Waals surface area contributed by atoms with Crippen LogP contribution in [0, 0.1) is 0 Å². The number of nitrogen functional groups attached to an aromatic ring is 1. The average Bonchev–Trinajstić information content (AvgIpc) is 3.08. The topological polar surface area (TPSA) is 195 Å². The van der Waals surface area contributed by atoms with Crippen LogP contribution >= 0.6 is 8.38 Å². The Hall–Kier alpha value is -2.15. The first-order valence-electron chi connectivity index (χ1n) is 6.80. The van der Waals surface area contributed by atoms with Gasteiger partial charge in [-0.2, -0.15) is 4.98 Å². The maximum absolute atomic E-state index is 11.8. The van der Waals surface area contributed by atoms with Gasteiger partial charge in [-0.1, -0.05) is 0 Å². The lowest BCUT2D eigenvalue weighted by molar-refractivity contribution is -0.138. The number of aromatic nitrogens is 4. The van der Waals surface area contributed by atoms with Gasteiger partial charge >= 0.3 is 5.71 Å². The van der Waals surface area contributed by atoms with Crippen molar-refractivity contribution >= 4 is 31.2 Å². The Bertz CT molecular complexity index is 853. The number of fused-ring (bicyclic) bond motifs is 1. The molecule has 1 fully saturated rings. The SMILES string of the molecule is CO[C@H]1C(O)[C@@H](OC(=O)P(O)O)O[C@H]1n1cnc2c(=O)[nH]c(N)nc21. The van der Waals surface area contributed by atoms with Crippen molar-refractivity contribution in [2.75, 3.05) is 12.8 Å². The molecule has 2 aromatic rings. The fourth-order valence-corrected chi connectivity index (χ4v) is 2.67.